The van der Waals surface area contributed by atoms with Gasteiger partial charge in [-0.1, -0.05) is 35.3 Å². The summed E-state index contributed by atoms with van der Waals surface area (Å²) in [7, 11) is 0. The van der Waals surface area contributed by atoms with Crippen LogP contribution in [0.5, 0.6) is 0 Å². The van der Waals surface area contributed by atoms with Crippen molar-refractivity contribution >= 4 is 28.7 Å². The number of rotatable bonds is 2. The molecule has 0 N–H and O–H groups in total. The first-order chi connectivity index (χ1) is 12.6. The Kier molecular flexibility index (Phi) is 4.23. The van der Waals surface area contributed by atoms with Crippen LogP contribution in [0.3, 0.4) is 0 Å². The zero-order chi connectivity index (χ0) is 18.3. The Labute approximate surface area is 158 Å². The molecule has 2 aromatic carbocycles. The number of fused-ring (bicyclic) bond motifs is 1. The molecule has 0 unspecified atom stereocenters. The van der Waals surface area contributed by atoms with Gasteiger partial charge < -0.3 is 0 Å². The molecule has 128 valence electrons. The van der Waals surface area contributed by atoms with E-state index in [9.17, 15) is 9.18 Å². The molecule has 0 spiro atoms. The summed E-state index contributed by atoms with van der Waals surface area (Å²) in [5.74, 6) is -0.317. The molecule has 0 bridgehead atoms. The van der Waals surface area contributed by atoms with Crippen molar-refractivity contribution in [3.05, 3.63) is 93.2 Å². The van der Waals surface area contributed by atoms with Gasteiger partial charge >= 0.3 is 0 Å². The summed E-state index contributed by atoms with van der Waals surface area (Å²) in [4.78, 5) is 16.5. The SMILES string of the molecule is O=c1ncn2c(-c3ccc(F)cc3)cccc2c1-c1c(Cl)cccc1Cl. The average Bonchev–Trinajstić information content (AvgIpc) is 2.63. The highest BCUT2D eigenvalue weighted by atomic mass is 35.5. The van der Waals surface area contributed by atoms with Gasteiger partial charge in [0.25, 0.3) is 5.56 Å². The zero-order valence-corrected chi connectivity index (χ0v) is 14.8. The number of hydrogen-bond acceptors (Lipinski definition) is 2. The molecule has 0 saturated carbocycles. The Morgan fingerprint density at radius 2 is 1.50 bits per heavy atom. The molecule has 2 aromatic heterocycles. The lowest BCUT2D eigenvalue weighted by atomic mass is 10.0. The van der Waals surface area contributed by atoms with E-state index in [0.717, 1.165) is 11.3 Å². The van der Waals surface area contributed by atoms with E-state index >= 15 is 0 Å². The molecule has 0 aliphatic heterocycles. The minimum absolute atomic E-state index is 0.317. The van der Waals surface area contributed by atoms with Gasteiger partial charge in [0.15, 0.2) is 0 Å². The van der Waals surface area contributed by atoms with Crippen molar-refractivity contribution in [2.24, 2.45) is 0 Å². The van der Waals surface area contributed by atoms with Crippen LogP contribution in [0.15, 0.2) is 71.8 Å². The quantitative estimate of drug-likeness (QED) is 0.458. The van der Waals surface area contributed by atoms with Gasteiger partial charge in [0.1, 0.15) is 12.1 Å². The van der Waals surface area contributed by atoms with Crippen LogP contribution in [0.1, 0.15) is 0 Å². The Hall–Kier alpha value is -2.69. The molecule has 26 heavy (non-hydrogen) atoms. The third kappa shape index (κ3) is 2.77. The third-order valence-corrected chi connectivity index (χ3v) is 4.77. The first kappa shape index (κ1) is 16.8. The summed E-state index contributed by atoms with van der Waals surface area (Å²) in [5.41, 5.74) is 2.52. The number of pyridine rings is 1. The first-order valence-corrected chi connectivity index (χ1v) is 8.52. The number of nitrogens with zero attached hydrogens (tertiary/aromatic N) is 2. The van der Waals surface area contributed by atoms with Gasteiger partial charge in [-0.25, -0.2) is 4.39 Å². The van der Waals surface area contributed by atoms with Gasteiger partial charge in [-0.15, -0.1) is 0 Å². The summed E-state index contributed by atoms with van der Waals surface area (Å²) >= 11 is 12.6. The van der Waals surface area contributed by atoms with Crippen LogP contribution < -0.4 is 5.56 Å². The fourth-order valence-electron chi connectivity index (χ4n) is 2.96. The average molecular weight is 385 g/mol. The molecule has 4 aromatic rings. The van der Waals surface area contributed by atoms with Gasteiger partial charge in [-0.05, 0) is 54.1 Å². The standard InChI is InChI=1S/C20H11Cl2FN2O/c21-14-3-1-4-15(22)18(14)19-17-6-2-5-16(25(17)11-24-20(19)26)12-7-9-13(23)10-8-12/h1-11H. The fourth-order valence-corrected chi connectivity index (χ4v) is 3.55. The molecular weight excluding hydrogens is 374 g/mol. The minimum atomic E-state index is -0.420. The second-order valence-corrected chi connectivity index (χ2v) is 6.51. The molecule has 6 heteroatoms. The van der Waals surface area contributed by atoms with Gasteiger partial charge in [0.2, 0.25) is 0 Å². The summed E-state index contributed by atoms with van der Waals surface area (Å²) < 4.78 is 15.0. The van der Waals surface area contributed by atoms with Crippen molar-refractivity contribution in [1.82, 2.24) is 9.38 Å². The summed E-state index contributed by atoms with van der Waals surface area (Å²) in [6.07, 6.45) is 1.45. The van der Waals surface area contributed by atoms with Gasteiger partial charge in [-0.2, -0.15) is 4.98 Å². The van der Waals surface area contributed by atoms with E-state index in [1.165, 1.54) is 18.5 Å². The van der Waals surface area contributed by atoms with Crippen LogP contribution >= 0.6 is 23.2 Å². The van der Waals surface area contributed by atoms with Crippen molar-refractivity contribution in [3.8, 4) is 22.4 Å². The number of halogens is 3. The minimum Gasteiger partial charge on any atom is -0.300 e. The van der Waals surface area contributed by atoms with Gasteiger partial charge in [0, 0.05) is 5.56 Å². The Bertz CT molecular complexity index is 1170. The maximum Gasteiger partial charge on any atom is 0.281 e. The predicted molar refractivity (Wildman–Crippen MR) is 102 cm³/mol. The summed E-state index contributed by atoms with van der Waals surface area (Å²) in [5, 5.41) is 0.744. The second kappa shape index (κ2) is 6.56. The van der Waals surface area contributed by atoms with E-state index in [2.05, 4.69) is 4.98 Å². The highest BCUT2D eigenvalue weighted by Gasteiger charge is 2.17. The number of aromatic nitrogens is 2. The summed E-state index contributed by atoms with van der Waals surface area (Å²) in [6, 6.07) is 16.7. The second-order valence-electron chi connectivity index (χ2n) is 5.69. The van der Waals surface area contributed by atoms with E-state index < -0.39 is 5.56 Å². The number of benzene rings is 2. The largest absolute Gasteiger partial charge is 0.300 e. The van der Waals surface area contributed by atoms with Crippen molar-refractivity contribution in [1.29, 1.82) is 0 Å². The number of hydrogen-bond donors (Lipinski definition) is 0. The highest BCUT2D eigenvalue weighted by molar-refractivity contribution is 6.39. The lowest BCUT2D eigenvalue weighted by Crippen LogP contribution is -2.13. The molecule has 2 heterocycles. The molecule has 0 radical (unpaired) electrons. The predicted octanol–water partition coefficient (Wildman–Crippen LogP) is 5.47. The van der Waals surface area contributed by atoms with Crippen LogP contribution in [-0.2, 0) is 0 Å². The molecule has 0 amide bonds. The molecule has 0 saturated heterocycles. The van der Waals surface area contributed by atoms with E-state index in [1.54, 1.807) is 40.8 Å². The van der Waals surface area contributed by atoms with Crippen LogP contribution in [0.4, 0.5) is 4.39 Å². The molecule has 0 fully saturated rings. The van der Waals surface area contributed by atoms with Crippen LogP contribution in [0.2, 0.25) is 10.0 Å². The van der Waals surface area contributed by atoms with Crippen molar-refractivity contribution in [2.75, 3.05) is 0 Å². The Balaban J connectivity index is 2.08. The lowest BCUT2D eigenvalue weighted by Gasteiger charge is -2.13. The molecule has 3 nitrogen and oxygen atoms in total. The monoisotopic (exact) mass is 384 g/mol. The molecule has 0 aliphatic carbocycles. The van der Waals surface area contributed by atoms with Crippen molar-refractivity contribution in [3.63, 3.8) is 0 Å². The van der Waals surface area contributed by atoms with Gasteiger partial charge in [-0.3, -0.25) is 9.20 Å². The normalized spacial score (nSPS) is 11.0. The Morgan fingerprint density at radius 3 is 2.19 bits per heavy atom. The highest BCUT2D eigenvalue weighted by Crippen LogP contribution is 2.35. The molecule has 4 rings (SSSR count). The first-order valence-electron chi connectivity index (χ1n) is 7.77. The maximum absolute atomic E-state index is 13.3. The van der Waals surface area contributed by atoms with Crippen molar-refractivity contribution < 1.29 is 4.39 Å². The van der Waals surface area contributed by atoms with Gasteiger partial charge in [0.05, 0.1) is 26.8 Å². The fraction of sp³-hybridized carbons (Fsp3) is 0. The third-order valence-electron chi connectivity index (χ3n) is 4.14. The molecule has 0 aliphatic rings. The Morgan fingerprint density at radius 1 is 0.846 bits per heavy atom. The van der Waals surface area contributed by atoms with E-state index in [4.69, 9.17) is 23.2 Å². The van der Waals surface area contributed by atoms with Crippen LogP contribution in [-0.4, -0.2) is 9.38 Å². The van der Waals surface area contributed by atoms with E-state index in [-0.39, 0.29) is 5.82 Å². The smallest absolute Gasteiger partial charge is 0.281 e. The summed E-state index contributed by atoms with van der Waals surface area (Å²) in [6.45, 7) is 0. The van der Waals surface area contributed by atoms with Crippen LogP contribution in [0.25, 0.3) is 27.9 Å². The van der Waals surface area contributed by atoms with Crippen molar-refractivity contribution in [2.45, 2.75) is 0 Å². The molecular formula is C20H11Cl2FN2O. The van der Waals surface area contributed by atoms with E-state index in [1.807, 2.05) is 12.1 Å². The zero-order valence-electron chi connectivity index (χ0n) is 13.3. The lowest BCUT2D eigenvalue weighted by molar-refractivity contribution is 0.628. The maximum atomic E-state index is 13.3. The van der Waals surface area contributed by atoms with E-state index in [0.29, 0.717) is 26.7 Å². The molecule has 0 atom stereocenters. The van der Waals surface area contributed by atoms with Crippen LogP contribution in [0, 0.1) is 5.82 Å². The topological polar surface area (TPSA) is 34.4 Å².